The lowest BCUT2D eigenvalue weighted by atomic mass is 10.1. The van der Waals surface area contributed by atoms with Crippen molar-refractivity contribution in [3.05, 3.63) is 77.9 Å². The standard InChI is InChI=1S/C24H24N4O4/c1-31-19-9-6-18(7-10-19)15-25-24(30)16-32-23-11-8-17(12-13-29)14-22(23)28-26-20-4-2-3-5-21(20)27-28/h2-11,14,29H,12-13,15-16H2,1H3,(H,25,30). The van der Waals surface area contributed by atoms with Gasteiger partial charge < -0.3 is 19.9 Å². The van der Waals surface area contributed by atoms with Crippen molar-refractivity contribution in [2.75, 3.05) is 20.3 Å². The first kappa shape index (κ1) is 21.3. The Labute approximate surface area is 185 Å². The van der Waals surface area contributed by atoms with Gasteiger partial charge in [0.1, 0.15) is 28.2 Å². The van der Waals surface area contributed by atoms with Crippen LogP contribution >= 0.6 is 0 Å². The van der Waals surface area contributed by atoms with Gasteiger partial charge in [0.15, 0.2) is 6.61 Å². The molecule has 0 atom stereocenters. The number of aromatic nitrogens is 3. The first-order valence-electron chi connectivity index (χ1n) is 10.2. The zero-order chi connectivity index (χ0) is 22.3. The predicted molar refractivity (Wildman–Crippen MR) is 120 cm³/mol. The van der Waals surface area contributed by atoms with Crippen molar-refractivity contribution in [1.82, 2.24) is 20.3 Å². The van der Waals surface area contributed by atoms with Crippen LogP contribution in [0.15, 0.2) is 66.7 Å². The van der Waals surface area contributed by atoms with Gasteiger partial charge in [-0.05, 0) is 53.9 Å². The highest BCUT2D eigenvalue weighted by atomic mass is 16.5. The fourth-order valence-electron chi connectivity index (χ4n) is 3.23. The maximum atomic E-state index is 12.3. The molecule has 8 heteroatoms. The highest BCUT2D eigenvalue weighted by molar-refractivity contribution is 5.77. The number of fused-ring (bicyclic) bond motifs is 1. The van der Waals surface area contributed by atoms with Crippen molar-refractivity contribution in [1.29, 1.82) is 0 Å². The summed E-state index contributed by atoms with van der Waals surface area (Å²) in [6.45, 7) is 0.270. The summed E-state index contributed by atoms with van der Waals surface area (Å²) in [5.74, 6) is 0.997. The molecule has 4 aromatic rings. The maximum Gasteiger partial charge on any atom is 0.258 e. The molecule has 0 aliphatic heterocycles. The number of carbonyl (C=O) groups excluding carboxylic acids is 1. The summed E-state index contributed by atoms with van der Waals surface area (Å²) in [7, 11) is 1.61. The van der Waals surface area contributed by atoms with Gasteiger partial charge in [0, 0.05) is 13.2 Å². The third kappa shape index (κ3) is 5.04. The maximum absolute atomic E-state index is 12.3. The van der Waals surface area contributed by atoms with Crippen molar-refractivity contribution in [2.45, 2.75) is 13.0 Å². The van der Waals surface area contributed by atoms with Gasteiger partial charge in [0.25, 0.3) is 5.91 Å². The SMILES string of the molecule is COc1ccc(CNC(=O)COc2ccc(CCO)cc2-n2nc3ccccc3n2)cc1. The summed E-state index contributed by atoms with van der Waals surface area (Å²) in [6, 6.07) is 20.5. The lowest BCUT2D eigenvalue weighted by Gasteiger charge is -2.12. The number of nitrogens with zero attached hydrogens (tertiary/aromatic N) is 3. The Bertz CT molecular complexity index is 1170. The van der Waals surface area contributed by atoms with Crippen LogP contribution in [-0.4, -0.2) is 46.3 Å². The normalized spacial score (nSPS) is 10.8. The van der Waals surface area contributed by atoms with Crippen molar-refractivity contribution >= 4 is 16.9 Å². The summed E-state index contributed by atoms with van der Waals surface area (Å²) in [4.78, 5) is 13.8. The zero-order valence-electron chi connectivity index (χ0n) is 17.7. The summed E-state index contributed by atoms with van der Waals surface area (Å²) < 4.78 is 11.0. The monoisotopic (exact) mass is 432 g/mol. The van der Waals surface area contributed by atoms with Crippen LogP contribution in [0.4, 0.5) is 0 Å². The van der Waals surface area contributed by atoms with Gasteiger partial charge in [-0.3, -0.25) is 4.79 Å². The van der Waals surface area contributed by atoms with E-state index in [2.05, 4.69) is 15.5 Å². The molecule has 1 heterocycles. The van der Waals surface area contributed by atoms with E-state index >= 15 is 0 Å². The number of rotatable bonds is 9. The minimum absolute atomic E-state index is 0.0297. The molecule has 0 fully saturated rings. The first-order chi connectivity index (χ1) is 15.7. The molecule has 164 valence electrons. The number of hydrogen-bond donors (Lipinski definition) is 2. The Kier molecular flexibility index (Phi) is 6.62. The predicted octanol–water partition coefficient (Wildman–Crippen LogP) is 2.66. The van der Waals surface area contributed by atoms with E-state index in [-0.39, 0.29) is 19.1 Å². The van der Waals surface area contributed by atoms with Crippen molar-refractivity contribution in [3.8, 4) is 17.2 Å². The molecule has 0 spiro atoms. The second kappa shape index (κ2) is 9.93. The van der Waals surface area contributed by atoms with E-state index in [1.54, 1.807) is 13.2 Å². The molecule has 0 saturated heterocycles. The number of benzene rings is 3. The van der Waals surface area contributed by atoms with Crippen LogP contribution in [0, 0.1) is 0 Å². The quantitative estimate of drug-likeness (QED) is 0.422. The Morgan fingerprint density at radius 3 is 2.34 bits per heavy atom. The van der Waals surface area contributed by atoms with Crippen LogP contribution < -0.4 is 14.8 Å². The largest absolute Gasteiger partial charge is 0.497 e. The van der Waals surface area contributed by atoms with Crippen LogP contribution in [0.1, 0.15) is 11.1 Å². The Balaban J connectivity index is 1.46. The molecule has 2 N–H and O–H groups in total. The average Bonchev–Trinajstić information content (AvgIpc) is 3.26. The molecule has 0 unspecified atom stereocenters. The second-order valence-corrected chi connectivity index (χ2v) is 7.17. The summed E-state index contributed by atoms with van der Waals surface area (Å²) in [5.41, 5.74) is 3.99. The third-order valence-electron chi connectivity index (χ3n) is 4.93. The summed E-state index contributed by atoms with van der Waals surface area (Å²) in [6.07, 6.45) is 0.496. The number of hydrogen-bond acceptors (Lipinski definition) is 6. The lowest BCUT2D eigenvalue weighted by Crippen LogP contribution is -2.28. The van der Waals surface area contributed by atoms with Crippen LogP contribution in [0.25, 0.3) is 16.7 Å². The lowest BCUT2D eigenvalue weighted by molar-refractivity contribution is -0.123. The van der Waals surface area contributed by atoms with Gasteiger partial charge in [-0.25, -0.2) is 0 Å². The van der Waals surface area contributed by atoms with E-state index in [1.807, 2.05) is 60.7 Å². The Hall–Kier alpha value is -3.91. The molecule has 8 nitrogen and oxygen atoms in total. The smallest absolute Gasteiger partial charge is 0.258 e. The zero-order valence-corrected chi connectivity index (χ0v) is 17.7. The van der Waals surface area contributed by atoms with E-state index < -0.39 is 0 Å². The summed E-state index contributed by atoms with van der Waals surface area (Å²) >= 11 is 0. The molecular formula is C24H24N4O4. The molecule has 3 aromatic carbocycles. The number of ether oxygens (including phenoxy) is 2. The Morgan fingerprint density at radius 2 is 1.69 bits per heavy atom. The fraction of sp³-hybridized carbons (Fsp3) is 0.208. The molecule has 0 aliphatic carbocycles. The second-order valence-electron chi connectivity index (χ2n) is 7.17. The topological polar surface area (TPSA) is 98.5 Å². The van der Waals surface area contributed by atoms with Gasteiger partial charge in [-0.15, -0.1) is 15.0 Å². The van der Waals surface area contributed by atoms with Crippen LogP contribution in [0.5, 0.6) is 11.5 Å². The number of amides is 1. The van der Waals surface area contributed by atoms with E-state index in [1.165, 1.54) is 4.80 Å². The number of carbonyl (C=O) groups is 1. The molecule has 0 saturated carbocycles. The Morgan fingerprint density at radius 1 is 1.00 bits per heavy atom. The van der Waals surface area contributed by atoms with E-state index in [4.69, 9.17) is 9.47 Å². The molecule has 4 rings (SSSR count). The molecule has 1 aromatic heterocycles. The van der Waals surface area contributed by atoms with Gasteiger partial charge >= 0.3 is 0 Å². The van der Waals surface area contributed by atoms with Gasteiger partial charge in [-0.1, -0.05) is 30.3 Å². The number of nitrogens with one attached hydrogen (secondary N) is 1. The van der Waals surface area contributed by atoms with Crippen LogP contribution in [0.3, 0.4) is 0 Å². The van der Waals surface area contributed by atoms with Crippen molar-refractivity contribution < 1.29 is 19.4 Å². The first-order valence-corrected chi connectivity index (χ1v) is 10.2. The van der Waals surface area contributed by atoms with E-state index in [0.717, 1.165) is 27.9 Å². The third-order valence-corrected chi connectivity index (χ3v) is 4.93. The molecule has 0 radical (unpaired) electrons. The van der Waals surface area contributed by atoms with Gasteiger partial charge in [-0.2, -0.15) is 0 Å². The van der Waals surface area contributed by atoms with Crippen LogP contribution in [-0.2, 0) is 17.8 Å². The molecule has 0 aliphatic rings. The van der Waals surface area contributed by atoms with E-state index in [0.29, 0.717) is 24.4 Å². The van der Waals surface area contributed by atoms with Crippen LogP contribution in [0.2, 0.25) is 0 Å². The van der Waals surface area contributed by atoms with Crippen molar-refractivity contribution in [3.63, 3.8) is 0 Å². The number of aliphatic hydroxyl groups excluding tert-OH is 1. The van der Waals surface area contributed by atoms with Gasteiger partial charge in [0.2, 0.25) is 0 Å². The minimum atomic E-state index is -0.246. The average molecular weight is 432 g/mol. The van der Waals surface area contributed by atoms with E-state index in [9.17, 15) is 9.90 Å². The summed E-state index contributed by atoms with van der Waals surface area (Å²) in [5, 5.41) is 21.2. The van der Waals surface area contributed by atoms with Crippen molar-refractivity contribution in [2.24, 2.45) is 0 Å². The molecule has 32 heavy (non-hydrogen) atoms. The number of aliphatic hydroxyl groups is 1. The number of methoxy groups -OCH3 is 1. The highest BCUT2D eigenvalue weighted by Crippen LogP contribution is 2.25. The molecular weight excluding hydrogens is 408 g/mol. The molecule has 1 amide bonds. The molecule has 0 bridgehead atoms. The highest BCUT2D eigenvalue weighted by Gasteiger charge is 2.13. The fourth-order valence-corrected chi connectivity index (χ4v) is 3.23. The minimum Gasteiger partial charge on any atom is -0.497 e. The van der Waals surface area contributed by atoms with Gasteiger partial charge in [0.05, 0.1) is 7.11 Å².